The number of Topliss-reactive ketones (excluding diaryl/α,β-unsaturated/α-hetero) is 1. The molecule has 3 aromatic heterocycles. The number of amides is 3. The molecule has 2 saturated heterocycles. The Kier molecular flexibility index (Phi) is 11.5. The first-order valence-electron chi connectivity index (χ1n) is 19.2. The molecule has 0 unspecified atom stereocenters. The van der Waals surface area contributed by atoms with E-state index < -0.39 is 29.8 Å². The van der Waals surface area contributed by atoms with E-state index in [9.17, 15) is 24.3 Å². The van der Waals surface area contributed by atoms with Crippen molar-refractivity contribution in [3.63, 3.8) is 0 Å². The Bertz CT molecular complexity index is 2190. The highest BCUT2D eigenvalue weighted by Gasteiger charge is 2.49. The van der Waals surface area contributed by atoms with Crippen LogP contribution in [0.1, 0.15) is 62.8 Å². The number of methoxy groups -OCH3 is 1. The summed E-state index contributed by atoms with van der Waals surface area (Å²) in [5.74, 6) is 0.585. The van der Waals surface area contributed by atoms with Gasteiger partial charge in [0.05, 0.1) is 43.0 Å². The molecule has 2 aliphatic rings. The Hall–Kier alpha value is -6.35. The summed E-state index contributed by atoms with van der Waals surface area (Å²) in [6.45, 7) is 4.94. The molecule has 5 aromatic rings. The minimum atomic E-state index is -1.25. The largest absolute Gasteiger partial charge is 0.465 e. The second-order valence-corrected chi connectivity index (χ2v) is 14.9. The van der Waals surface area contributed by atoms with Gasteiger partial charge in [-0.3, -0.25) is 19.9 Å². The molecule has 7 rings (SSSR count). The normalized spacial score (nSPS) is 18.9. The van der Waals surface area contributed by atoms with Crippen LogP contribution in [0.3, 0.4) is 0 Å². The Balaban J connectivity index is 1.03. The molecule has 57 heavy (non-hydrogen) atoms. The van der Waals surface area contributed by atoms with Crippen LogP contribution < -0.4 is 16.0 Å². The molecule has 2 aromatic carbocycles. The van der Waals surface area contributed by atoms with Crippen molar-refractivity contribution in [1.29, 1.82) is 0 Å². The monoisotopic (exact) mass is 773 g/mol. The summed E-state index contributed by atoms with van der Waals surface area (Å²) in [7, 11) is 1.28. The average molecular weight is 774 g/mol. The van der Waals surface area contributed by atoms with E-state index in [0.717, 1.165) is 52.0 Å². The maximum Gasteiger partial charge on any atom is 0.407 e. The van der Waals surface area contributed by atoms with Gasteiger partial charge in [-0.1, -0.05) is 62.4 Å². The van der Waals surface area contributed by atoms with Crippen molar-refractivity contribution in [3.05, 3.63) is 103 Å². The van der Waals surface area contributed by atoms with Crippen LogP contribution in [-0.2, 0) is 26.3 Å². The van der Waals surface area contributed by atoms with E-state index >= 15 is 0 Å². The van der Waals surface area contributed by atoms with Crippen molar-refractivity contribution < 1.29 is 29.0 Å². The molecule has 3 amide bonds. The van der Waals surface area contributed by atoms with Gasteiger partial charge < -0.3 is 35.3 Å². The number of carboxylic acid groups (broad SMARTS) is 1. The molecule has 4 atom stereocenters. The van der Waals surface area contributed by atoms with Crippen molar-refractivity contribution >= 4 is 23.9 Å². The number of alkyl carbamates (subject to hydrolysis) is 1. The number of rotatable bonds is 13. The highest BCUT2D eigenvalue weighted by molar-refractivity contribution is 5.96. The lowest BCUT2D eigenvalue weighted by atomic mass is 9.83. The number of likely N-dealkylation sites (tertiary alicyclic amines) is 1. The first-order valence-corrected chi connectivity index (χ1v) is 19.2. The van der Waals surface area contributed by atoms with Crippen molar-refractivity contribution in [2.75, 3.05) is 20.2 Å². The van der Waals surface area contributed by atoms with Gasteiger partial charge in [0.15, 0.2) is 5.78 Å². The van der Waals surface area contributed by atoms with Crippen LogP contribution in [-0.4, -0.2) is 91.1 Å². The number of hydrogen-bond acceptors (Lipinski definition) is 9. The fraction of sp³-hybridized carbons (Fsp3) is 0.357. The first kappa shape index (κ1) is 38.9. The smallest absolute Gasteiger partial charge is 0.407 e. The lowest BCUT2D eigenvalue weighted by Gasteiger charge is -2.32. The highest BCUT2D eigenvalue weighted by atomic mass is 16.5. The number of nitrogens with one attached hydrogen (secondary N) is 5. The van der Waals surface area contributed by atoms with Gasteiger partial charge in [0, 0.05) is 25.4 Å². The number of ketones is 1. The van der Waals surface area contributed by atoms with Crippen molar-refractivity contribution in [3.8, 4) is 33.6 Å². The zero-order valence-electron chi connectivity index (χ0n) is 32.1. The number of aromatic nitrogens is 5. The molecular formula is C42H47N9O6. The van der Waals surface area contributed by atoms with E-state index in [2.05, 4.69) is 40.9 Å². The molecule has 296 valence electrons. The molecule has 2 aliphatic heterocycles. The third kappa shape index (κ3) is 8.28. The summed E-state index contributed by atoms with van der Waals surface area (Å²) in [4.78, 5) is 73.3. The molecule has 15 heteroatoms. The van der Waals surface area contributed by atoms with Gasteiger partial charge in [0.25, 0.3) is 0 Å². The number of carbonyl (C=O) groups excluding carboxylic acids is 3. The summed E-state index contributed by atoms with van der Waals surface area (Å²) < 4.78 is 4.79. The standard InChI is InChI=1S/C42H47N9O6/c1-25(2)35(50-41(56)57-3)36(52)42(17-5-18-46-42)39-45-24-33(48-39)30-13-9-28(10-14-30)27-7-11-29(12-8-27)32-23-44-37(47-32)34-6-4-21-51(34)38(53)31(49-40(54)55)22-26-15-19-43-20-16-26/h7-16,19-20,23-25,31,34-35,46,49H,4-6,17-18,21-22H2,1-3H3,(H,44,47)(H,45,48)(H,50,56)(H,54,55)/t31-,34-,35-,42+/m0/s1. The van der Waals surface area contributed by atoms with Gasteiger partial charge in [-0.25, -0.2) is 19.6 Å². The summed E-state index contributed by atoms with van der Waals surface area (Å²) in [5.41, 5.74) is 5.23. The molecular weight excluding hydrogens is 727 g/mol. The first-order chi connectivity index (χ1) is 27.6. The number of benzene rings is 2. The van der Waals surface area contributed by atoms with Crippen LogP contribution in [0, 0.1) is 5.92 Å². The van der Waals surface area contributed by atoms with E-state index in [4.69, 9.17) is 4.74 Å². The maximum atomic E-state index is 14.0. The molecule has 0 bridgehead atoms. The van der Waals surface area contributed by atoms with Gasteiger partial charge in [-0.15, -0.1) is 0 Å². The van der Waals surface area contributed by atoms with Crippen LogP contribution in [0.4, 0.5) is 9.59 Å². The van der Waals surface area contributed by atoms with Gasteiger partial charge in [0.1, 0.15) is 23.2 Å². The third-order valence-electron chi connectivity index (χ3n) is 10.9. The Morgan fingerprint density at radius 3 is 2.11 bits per heavy atom. The fourth-order valence-corrected chi connectivity index (χ4v) is 7.90. The number of nitrogens with zero attached hydrogens (tertiary/aromatic N) is 4. The topological polar surface area (TPSA) is 207 Å². The Morgan fingerprint density at radius 2 is 1.51 bits per heavy atom. The number of imidazole rings is 2. The Labute approximate surface area is 330 Å². The summed E-state index contributed by atoms with van der Waals surface area (Å²) in [5, 5.41) is 18.0. The second-order valence-electron chi connectivity index (χ2n) is 14.9. The molecule has 0 spiro atoms. The molecule has 0 radical (unpaired) electrons. The number of H-pyrrole nitrogens is 2. The fourth-order valence-electron chi connectivity index (χ4n) is 7.90. The van der Waals surface area contributed by atoms with Gasteiger partial charge in [-0.05, 0) is 78.1 Å². The van der Waals surface area contributed by atoms with Crippen LogP contribution in [0.2, 0.25) is 0 Å². The average Bonchev–Trinajstić information content (AvgIpc) is 4.07. The van der Waals surface area contributed by atoms with Gasteiger partial charge in [-0.2, -0.15) is 0 Å². The number of ether oxygens (including phenoxy) is 1. The molecule has 5 heterocycles. The summed E-state index contributed by atoms with van der Waals surface area (Å²) in [6, 6.07) is 17.8. The van der Waals surface area contributed by atoms with Crippen molar-refractivity contribution in [2.45, 2.75) is 69.6 Å². The second kappa shape index (κ2) is 16.8. The molecule has 0 saturated carbocycles. The van der Waals surface area contributed by atoms with E-state index in [1.165, 1.54) is 7.11 Å². The van der Waals surface area contributed by atoms with Gasteiger partial charge in [0.2, 0.25) is 5.91 Å². The van der Waals surface area contributed by atoms with Crippen molar-refractivity contribution in [1.82, 2.24) is 45.8 Å². The van der Waals surface area contributed by atoms with Gasteiger partial charge >= 0.3 is 12.2 Å². The predicted molar refractivity (Wildman–Crippen MR) is 212 cm³/mol. The van der Waals surface area contributed by atoms with Crippen LogP contribution in [0.5, 0.6) is 0 Å². The van der Waals surface area contributed by atoms with E-state index in [1.807, 2.05) is 62.4 Å². The SMILES string of the molecule is COC(=O)N[C@H](C(=O)[C@@]1(c2ncc(-c3ccc(-c4ccc(-c5cnc([C@@H]6CCCN6C(=O)[C@H](Cc6ccncc6)NC(=O)O)[nH]5)cc4)cc3)[nH]2)CCCN1)C(C)C. The predicted octanol–water partition coefficient (Wildman–Crippen LogP) is 5.60. The zero-order valence-corrected chi connectivity index (χ0v) is 32.1. The lowest BCUT2D eigenvalue weighted by Crippen LogP contribution is -2.57. The maximum absolute atomic E-state index is 14.0. The molecule has 0 aliphatic carbocycles. The summed E-state index contributed by atoms with van der Waals surface area (Å²) in [6.07, 6.45) is 7.90. The molecule has 6 N–H and O–H groups in total. The van der Waals surface area contributed by atoms with E-state index in [-0.39, 0.29) is 30.1 Å². The number of carbonyl (C=O) groups is 4. The van der Waals surface area contributed by atoms with Crippen LogP contribution in [0.25, 0.3) is 33.6 Å². The number of hydrogen-bond donors (Lipinski definition) is 6. The lowest BCUT2D eigenvalue weighted by molar-refractivity contribution is -0.134. The number of pyridine rings is 1. The van der Waals surface area contributed by atoms with Crippen LogP contribution in [0.15, 0.2) is 85.5 Å². The van der Waals surface area contributed by atoms with E-state index in [1.54, 1.807) is 41.8 Å². The van der Waals surface area contributed by atoms with Crippen LogP contribution >= 0.6 is 0 Å². The Morgan fingerprint density at radius 1 is 0.877 bits per heavy atom. The minimum Gasteiger partial charge on any atom is -0.465 e. The quantitative estimate of drug-likeness (QED) is 0.0873. The van der Waals surface area contributed by atoms with Crippen molar-refractivity contribution in [2.24, 2.45) is 5.92 Å². The molecule has 15 nitrogen and oxygen atoms in total. The third-order valence-corrected chi connectivity index (χ3v) is 10.9. The molecule has 2 fully saturated rings. The minimum absolute atomic E-state index is 0.154. The van der Waals surface area contributed by atoms with E-state index in [0.29, 0.717) is 37.6 Å². The zero-order chi connectivity index (χ0) is 40.1. The highest BCUT2D eigenvalue weighted by Crippen LogP contribution is 2.35. The number of aromatic amines is 2. The summed E-state index contributed by atoms with van der Waals surface area (Å²) >= 11 is 0.